The summed E-state index contributed by atoms with van der Waals surface area (Å²) in [6, 6.07) is 22.5. The van der Waals surface area contributed by atoms with Crippen LogP contribution in [0, 0.1) is 0 Å². The van der Waals surface area contributed by atoms with Crippen LogP contribution in [-0.4, -0.2) is 46.1 Å². The van der Waals surface area contributed by atoms with Gasteiger partial charge in [-0.05, 0) is 66.8 Å². The fourth-order valence-corrected chi connectivity index (χ4v) is 4.53. The van der Waals surface area contributed by atoms with Gasteiger partial charge in [0.1, 0.15) is 11.5 Å². The van der Waals surface area contributed by atoms with Gasteiger partial charge in [0.15, 0.2) is 0 Å². The number of carbonyl (C=O) groups is 1. The van der Waals surface area contributed by atoms with Crippen molar-refractivity contribution >= 4 is 17.0 Å². The van der Waals surface area contributed by atoms with Crippen LogP contribution in [-0.2, 0) is 0 Å². The maximum atomic E-state index is 11.6. The molecule has 6 N–H and O–H groups in total. The van der Waals surface area contributed by atoms with E-state index in [1.54, 1.807) is 12.1 Å². The Kier molecular flexibility index (Phi) is 9.55. The van der Waals surface area contributed by atoms with Gasteiger partial charge in [-0.25, -0.2) is 4.79 Å². The molecule has 0 bridgehead atoms. The summed E-state index contributed by atoms with van der Waals surface area (Å²) in [5.74, 6) is 0.651. The molecule has 204 valence electrons. The number of phenolic OH excluding ortho intramolecular Hbond substituents is 1. The molecule has 2 unspecified atom stereocenters. The minimum absolute atomic E-state index is 0.0338. The van der Waals surface area contributed by atoms with Crippen LogP contribution in [0.3, 0.4) is 0 Å². The van der Waals surface area contributed by atoms with Gasteiger partial charge in [0.25, 0.3) is 0 Å². The predicted octanol–water partition coefficient (Wildman–Crippen LogP) is 4.46. The molecular formula is C30H33N3O6. The van der Waals surface area contributed by atoms with Gasteiger partial charge in [0, 0.05) is 18.0 Å². The van der Waals surface area contributed by atoms with Crippen molar-refractivity contribution in [1.29, 1.82) is 0 Å². The number of rotatable bonds is 13. The number of fused-ring (bicyclic) bond motifs is 1. The van der Waals surface area contributed by atoms with Crippen LogP contribution in [0.2, 0.25) is 0 Å². The SMILES string of the molecule is O=C(O)NC(c1ccccc1)c1cccc(OCCCCCNCC(O)c2ccc(O)c3[nH]c(=O)ccc23)c1. The number of amides is 1. The van der Waals surface area contributed by atoms with Crippen molar-refractivity contribution in [1.82, 2.24) is 15.6 Å². The Hall–Kier alpha value is -4.34. The lowest BCUT2D eigenvalue weighted by atomic mass is 9.98. The van der Waals surface area contributed by atoms with Gasteiger partial charge in [-0.2, -0.15) is 0 Å². The third kappa shape index (κ3) is 7.59. The molecule has 0 radical (unpaired) electrons. The summed E-state index contributed by atoms with van der Waals surface area (Å²) >= 11 is 0. The summed E-state index contributed by atoms with van der Waals surface area (Å²) in [4.78, 5) is 25.5. The van der Waals surface area contributed by atoms with Gasteiger partial charge < -0.3 is 35.7 Å². The number of carboxylic acid groups (broad SMARTS) is 1. The molecule has 1 amide bonds. The lowest BCUT2D eigenvalue weighted by Crippen LogP contribution is -2.27. The van der Waals surface area contributed by atoms with Crippen molar-refractivity contribution in [2.24, 2.45) is 0 Å². The second kappa shape index (κ2) is 13.5. The molecule has 3 aromatic carbocycles. The van der Waals surface area contributed by atoms with E-state index in [9.17, 15) is 24.9 Å². The van der Waals surface area contributed by atoms with Crippen LogP contribution in [0.4, 0.5) is 4.79 Å². The number of aromatic amines is 1. The molecule has 39 heavy (non-hydrogen) atoms. The number of phenols is 1. The van der Waals surface area contributed by atoms with Gasteiger partial charge in [0.2, 0.25) is 5.56 Å². The highest BCUT2D eigenvalue weighted by atomic mass is 16.5. The molecule has 9 nitrogen and oxygen atoms in total. The van der Waals surface area contributed by atoms with Crippen LogP contribution < -0.4 is 20.9 Å². The molecule has 0 saturated carbocycles. The van der Waals surface area contributed by atoms with Crippen LogP contribution in [0.5, 0.6) is 11.5 Å². The highest BCUT2D eigenvalue weighted by Gasteiger charge is 2.17. The number of ether oxygens (including phenoxy) is 1. The van der Waals surface area contributed by atoms with Crippen LogP contribution in [0.25, 0.3) is 10.9 Å². The van der Waals surface area contributed by atoms with Gasteiger partial charge in [-0.15, -0.1) is 0 Å². The fourth-order valence-electron chi connectivity index (χ4n) is 4.53. The second-order valence-electron chi connectivity index (χ2n) is 9.28. The summed E-state index contributed by atoms with van der Waals surface area (Å²) in [5.41, 5.74) is 2.29. The van der Waals surface area contributed by atoms with Gasteiger partial charge in [-0.1, -0.05) is 48.5 Å². The first-order chi connectivity index (χ1) is 18.9. The van der Waals surface area contributed by atoms with Crippen molar-refractivity contribution in [3.05, 3.63) is 106 Å². The summed E-state index contributed by atoms with van der Waals surface area (Å²) in [7, 11) is 0. The quantitative estimate of drug-likeness (QED) is 0.140. The van der Waals surface area contributed by atoms with E-state index in [2.05, 4.69) is 15.6 Å². The maximum absolute atomic E-state index is 11.6. The first kappa shape index (κ1) is 27.7. The summed E-state index contributed by atoms with van der Waals surface area (Å²) in [6.07, 6.45) is 0.798. The molecule has 0 spiro atoms. The van der Waals surface area contributed by atoms with Gasteiger partial charge in [0.05, 0.1) is 24.3 Å². The van der Waals surface area contributed by atoms with E-state index in [-0.39, 0.29) is 11.3 Å². The van der Waals surface area contributed by atoms with Crippen molar-refractivity contribution < 1.29 is 24.9 Å². The van der Waals surface area contributed by atoms with Crippen molar-refractivity contribution in [3.8, 4) is 11.5 Å². The van der Waals surface area contributed by atoms with Crippen LogP contribution in [0.15, 0.2) is 83.7 Å². The second-order valence-corrected chi connectivity index (χ2v) is 9.28. The number of aromatic hydroxyl groups is 1. The zero-order valence-electron chi connectivity index (χ0n) is 21.5. The van der Waals surface area contributed by atoms with Crippen LogP contribution in [0.1, 0.15) is 48.1 Å². The zero-order chi connectivity index (χ0) is 27.6. The Balaban J connectivity index is 1.20. The summed E-state index contributed by atoms with van der Waals surface area (Å²) in [6.45, 7) is 1.60. The fraction of sp³-hybridized carbons (Fsp3) is 0.267. The predicted molar refractivity (Wildman–Crippen MR) is 149 cm³/mol. The Morgan fingerprint density at radius 3 is 2.51 bits per heavy atom. The van der Waals surface area contributed by atoms with Crippen LogP contribution >= 0.6 is 0 Å². The first-order valence-electron chi connectivity index (χ1n) is 12.9. The molecule has 1 heterocycles. The third-order valence-electron chi connectivity index (χ3n) is 6.46. The molecule has 1 aromatic heterocycles. The normalized spacial score (nSPS) is 12.6. The molecular weight excluding hydrogens is 498 g/mol. The van der Waals surface area contributed by atoms with Crippen molar-refractivity contribution in [3.63, 3.8) is 0 Å². The lowest BCUT2D eigenvalue weighted by Gasteiger charge is -2.19. The number of unbranched alkanes of at least 4 members (excludes halogenated alkanes) is 2. The zero-order valence-corrected chi connectivity index (χ0v) is 21.5. The lowest BCUT2D eigenvalue weighted by molar-refractivity contribution is 0.176. The largest absolute Gasteiger partial charge is 0.506 e. The number of aliphatic hydroxyl groups excluding tert-OH is 1. The summed E-state index contributed by atoms with van der Waals surface area (Å²) in [5, 5.41) is 36.4. The number of aliphatic hydroxyl groups is 1. The van der Waals surface area contributed by atoms with Crippen molar-refractivity contribution in [2.45, 2.75) is 31.4 Å². The number of hydrogen-bond acceptors (Lipinski definition) is 6. The minimum Gasteiger partial charge on any atom is -0.506 e. The monoisotopic (exact) mass is 531 g/mol. The van der Waals surface area contributed by atoms with E-state index >= 15 is 0 Å². The molecule has 0 aliphatic heterocycles. The first-order valence-corrected chi connectivity index (χ1v) is 12.9. The number of H-pyrrole nitrogens is 1. The van der Waals surface area contributed by atoms with E-state index < -0.39 is 18.2 Å². The van der Waals surface area contributed by atoms with E-state index in [1.807, 2.05) is 54.6 Å². The molecule has 0 fully saturated rings. The number of hydrogen-bond donors (Lipinski definition) is 6. The Bertz CT molecular complexity index is 1440. The Morgan fingerprint density at radius 1 is 0.923 bits per heavy atom. The Morgan fingerprint density at radius 2 is 1.72 bits per heavy atom. The molecule has 2 atom stereocenters. The highest BCUT2D eigenvalue weighted by molar-refractivity contribution is 5.87. The van der Waals surface area contributed by atoms with Gasteiger partial charge >= 0.3 is 6.09 Å². The number of benzene rings is 3. The molecule has 0 aliphatic carbocycles. The average Bonchev–Trinajstić information content (AvgIpc) is 2.94. The van der Waals surface area contributed by atoms with E-state index in [4.69, 9.17) is 4.74 Å². The number of nitrogens with one attached hydrogen (secondary N) is 3. The minimum atomic E-state index is -1.09. The standard InChI is InChI=1S/C30H33N3O6/c34-25-14-12-23(24-13-15-27(36)32-29(24)25)26(35)19-31-16-5-2-6-17-39-22-11-7-10-21(18-22)28(33-30(37)38)20-8-3-1-4-9-20/h1,3-4,7-15,18,26,28,31,33-35H,2,5-6,16-17,19H2,(H,32,36)(H,37,38). The number of aromatic nitrogens is 1. The Labute approximate surface area is 226 Å². The average molecular weight is 532 g/mol. The summed E-state index contributed by atoms with van der Waals surface area (Å²) < 4.78 is 5.92. The molecule has 9 heteroatoms. The maximum Gasteiger partial charge on any atom is 0.405 e. The van der Waals surface area contributed by atoms with E-state index in [1.165, 1.54) is 12.1 Å². The molecule has 4 aromatic rings. The third-order valence-corrected chi connectivity index (χ3v) is 6.46. The molecule has 0 aliphatic rings. The highest BCUT2D eigenvalue weighted by Crippen LogP contribution is 2.28. The van der Waals surface area contributed by atoms with Crippen molar-refractivity contribution in [2.75, 3.05) is 19.7 Å². The topological polar surface area (TPSA) is 144 Å². The number of pyridine rings is 1. The smallest absolute Gasteiger partial charge is 0.405 e. The molecule has 0 saturated heterocycles. The van der Waals surface area contributed by atoms with E-state index in [0.29, 0.717) is 35.4 Å². The van der Waals surface area contributed by atoms with E-state index in [0.717, 1.165) is 36.9 Å². The molecule has 4 rings (SSSR count). The van der Waals surface area contributed by atoms with Gasteiger partial charge in [-0.3, -0.25) is 4.79 Å².